The monoisotopic (exact) mass is 139 g/mol. The molecule has 0 saturated heterocycles. The molecule has 10 heavy (non-hydrogen) atoms. The Hall–Kier alpha value is -0.0400. The van der Waals surface area contributed by atoms with Crippen LogP contribution in [-0.4, -0.2) is 12.6 Å². The number of hydrogen-bond donors (Lipinski definition) is 1. The van der Waals surface area contributed by atoms with Crippen molar-refractivity contribution in [3.8, 4) is 0 Å². The summed E-state index contributed by atoms with van der Waals surface area (Å²) in [4.78, 5) is 0. The van der Waals surface area contributed by atoms with E-state index in [0.29, 0.717) is 0 Å². The van der Waals surface area contributed by atoms with Crippen LogP contribution in [0.2, 0.25) is 0 Å². The maximum Gasteiger partial charge on any atom is 0.00955 e. The van der Waals surface area contributed by atoms with Crippen molar-refractivity contribution in [1.29, 1.82) is 0 Å². The summed E-state index contributed by atoms with van der Waals surface area (Å²) in [6, 6.07) is 0.884. The van der Waals surface area contributed by atoms with E-state index < -0.39 is 0 Å². The average Bonchev–Trinajstić information content (AvgIpc) is 1.87. The van der Waals surface area contributed by atoms with E-state index in [1.807, 2.05) is 0 Å². The minimum atomic E-state index is 0.884. The van der Waals surface area contributed by atoms with Gasteiger partial charge in [0.05, 0.1) is 0 Å². The Morgan fingerprint density at radius 3 is 2.60 bits per heavy atom. The van der Waals surface area contributed by atoms with Gasteiger partial charge in [-0.05, 0) is 44.1 Å². The van der Waals surface area contributed by atoms with Gasteiger partial charge in [-0.2, -0.15) is 0 Å². The van der Waals surface area contributed by atoms with Gasteiger partial charge < -0.3 is 5.32 Å². The van der Waals surface area contributed by atoms with Gasteiger partial charge in [0.2, 0.25) is 0 Å². The van der Waals surface area contributed by atoms with E-state index in [4.69, 9.17) is 0 Å². The predicted octanol–water partition coefficient (Wildman–Crippen LogP) is 1.78. The fourth-order valence-corrected chi connectivity index (χ4v) is 2.53. The predicted molar refractivity (Wildman–Crippen MR) is 42.9 cm³/mol. The molecule has 1 atom stereocenters. The van der Waals surface area contributed by atoms with Crippen molar-refractivity contribution in [2.24, 2.45) is 11.8 Å². The number of hydrogen-bond acceptors (Lipinski definition) is 1. The van der Waals surface area contributed by atoms with Gasteiger partial charge in [0, 0.05) is 6.04 Å². The molecule has 3 aliphatic carbocycles. The Kier molecular flexibility index (Phi) is 1.69. The van der Waals surface area contributed by atoms with Crippen molar-refractivity contribution < 1.29 is 0 Å². The third-order valence-corrected chi connectivity index (χ3v) is 3.19. The highest BCUT2D eigenvalue weighted by Crippen LogP contribution is 2.45. The zero-order valence-electron chi connectivity index (χ0n) is 6.77. The first-order chi connectivity index (χ1) is 4.90. The van der Waals surface area contributed by atoms with Gasteiger partial charge in [0.1, 0.15) is 0 Å². The molecule has 0 aliphatic heterocycles. The minimum absolute atomic E-state index is 0.884. The van der Waals surface area contributed by atoms with Crippen LogP contribution in [0.4, 0.5) is 0 Å². The fourth-order valence-electron chi connectivity index (χ4n) is 2.53. The van der Waals surface area contributed by atoms with Crippen LogP contribution in [0.1, 0.15) is 32.6 Å². The molecule has 1 heteroatoms. The van der Waals surface area contributed by atoms with Gasteiger partial charge in [0.15, 0.2) is 0 Å². The third-order valence-electron chi connectivity index (χ3n) is 3.19. The lowest BCUT2D eigenvalue weighted by atomic mass is 9.63. The average molecular weight is 139 g/mol. The van der Waals surface area contributed by atoms with Crippen molar-refractivity contribution in [3.63, 3.8) is 0 Å². The summed E-state index contributed by atoms with van der Waals surface area (Å²) in [7, 11) is 0. The number of fused-ring (bicyclic) bond motifs is 2. The van der Waals surface area contributed by atoms with Crippen LogP contribution in [0.15, 0.2) is 0 Å². The Balaban J connectivity index is 1.84. The van der Waals surface area contributed by atoms with Crippen LogP contribution in [0.25, 0.3) is 0 Å². The third kappa shape index (κ3) is 0.968. The van der Waals surface area contributed by atoms with E-state index in [0.717, 1.165) is 24.4 Å². The molecule has 0 radical (unpaired) electrons. The molecule has 0 aromatic rings. The van der Waals surface area contributed by atoms with Gasteiger partial charge in [-0.1, -0.05) is 6.92 Å². The van der Waals surface area contributed by atoms with Crippen LogP contribution in [-0.2, 0) is 0 Å². The Morgan fingerprint density at radius 2 is 2.10 bits per heavy atom. The summed E-state index contributed by atoms with van der Waals surface area (Å²) in [6.07, 6.45) is 5.99. The highest BCUT2D eigenvalue weighted by atomic mass is 14.9. The molecule has 0 aromatic carbocycles. The summed E-state index contributed by atoms with van der Waals surface area (Å²) >= 11 is 0. The van der Waals surface area contributed by atoms with Gasteiger partial charge in [-0.3, -0.25) is 0 Å². The van der Waals surface area contributed by atoms with Crippen molar-refractivity contribution >= 4 is 0 Å². The highest BCUT2D eigenvalue weighted by molar-refractivity contribution is 4.93. The SMILES string of the molecule is CCNC1CCC2CC1C2. The Labute approximate surface area is 63.2 Å². The Bertz CT molecular complexity index is 111. The molecule has 3 saturated carbocycles. The number of nitrogens with one attached hydrogen (secondary N) is 1. The normalized spacial score (nSPS) is 44.7. The van der Waals surface area contributed by atoms with Crippen molar-refractivity contribution in [1.82, 2.24) is 5.32 Å². The molecule has 1 unspecified atom stereocenters. The molecule has 1 N–H and O–H groups in total. The zero-order chi connectivity index (χ0) is 6.97. The van der Waals surface area contributed by atoms with Crippen LogP contribution >= 0.6 is 0 Å². The summed E-state index contributed by atoms with van der Waals surface area (Å²) in [5.41, 5.74) is 0. The molecule has 1 nitrogen and oxygen atoms in total. The fraction of sp³-hybridized carbons (Fsp3) is 1.00. The number of rotatable bonds is 2. The summed E-state index contributed by atoms with van der Waals surface area (Å²) in [6.45, 7) is 3.37. The van der Waals surface area contributed by atoms with E-state index in [2.05, 4.69) is 12.2 Å². The quantitative estimate of drug-likeness (QED) is 0.615. The molecular formula is C9H17N. The molecule has 3 fully saturated rings. The lowest BCUT2D eigenvalue weighted by molar-refractivity contribution is 0.0743. The minimum Gasteiger partial charge on any atom is -0.314 e. The second-order valence-corrected chi connectivity index (χ2v) is 3.84. The van der Waals surface area contributed by atoms with E-state index in [-0.39, 0.29) is 0 Å². The molecule has 0 amide bonds. The Morgan fingerprint density at radius 1 is 1.30 bits per heavy atom. The lowest BCUT2D eigenvalue weighted by Crippen LogP contribution is -2.47. The van der Waals surface area contributed by atoms with Crippen molar-refractivity contribution in [2.75, 3.05) is 6.54 Å². The van der Waals surface area contributed by atoms with E-state index >= 15 is 0 Å². The van der Waals surface area contributed by atoms with Crippen LogP contribution in [0.3, 0.4) is 0 Å². The lowest BCUT2D eigenvalue weighted by Gasteiger charge is -2.46. The molecule has 2 bridgehead atoms. The first kappa shape index (κ1) is 6.66. The second kappa shape index (κ2) is 2.54. The standard InChI is InChI=1S/C9H17N/c1-2-10-9-4-3-7-5-8(9)6-7/h7-10H,2-6H2,1H3. The van der Waals surface area contributed by atoms with Crippen LogP contribution in [0.5, 0.6) is 0 Å². The maximum absolute atomic E-state index is 3.57. The molecule has 0 aromatic heterocycles. The van der Waals surface area contributed by atoms with Gasteiger partial charge in [0.25, 0.3) is 0 Å². The second-order valence-electron chi connectivity index (χ2n) is 3.84. The molecular weight excluding hydrogens is 122 g/mol. The van der Waals surface area contributed by atoms with Crippen LogP contribution in [0, 0.1) is 11.8 Å². The van der Waals surface area contributed by atoms with Crippen molar-refractivity contribution in [2.45, 2.75) is 38.6 Å². The van der Waals surface area contributed by atoms with Gasteiger partial charge in [-0.25, -0.2) is 0 Å². The topological polar surface area (TPSA) is 12.0 Å². The first-order valence-electron chi connectivity index (χ1n) is 4.63. The summed E-state index contributed by atoms with van der Waals surface area (Å²) in [5, 5.41) is 3.57. The van der Waals surface area contributed by atoms with Gasteiger partial charge >= 0.3 is 0 Å². The smallest absolute Gasteiger partial charge is 0.00955 e. The molecule has 0 spiro atoms. The molecule has 58 valence electrons. The van der Waals surface area contributed by atoms with Gasteiger partial charge in [-0.15, -0.1) is 0 Å². The van der Waals surface area contributed by atoms with E-state index in [1.165, 1.54) is 25.7 Å². The highest BCUT2D eigenvalue weighted by Gasteiger charge is 2.39. The van der Waals surface area contributed by atoms with Crippen molar-refractivity contribution in [3.05, 3.63) is 0 Å². The first-order valence-corrected chi connectivity index (χ1v) is 4.63. The molecule has 0 heterocycles. The molecule has 3 rings (SSSR count). The largest absolute Gasteiger partial charge is 0.314 e. The van der Waals surface area contributed by atoms with Crippen LogP contribution < -0.4 is 5.32 Å². The summed E-state index contributed by atoms with van der Waals surface area (Å²) in [5.74, 6) is 2.18. The zero-order valence-corrected chi connectivity index (χ0v) is 6.77. The summed E-state index contributed by atoms with van der Waals surface area (Å²) < 4.78 is 0. The molecule has 3 aliphatic rings. The van der Waals surface area contributed by atoms with E-state index in [1.54, 1.807) is 0 Å². The van der Waals surface area contributed by atoms with E-state index in [9.17, 15) is 0 Å². The maximum atomic E-state index is 3.57.